The molecule has 0 atom stereocenters. The van der Waals surface area contributed by atoms with Gasteiger partial charge in [-0.25, -0.2) is 0 Å². The van der Waals surface area contributed by atoms with E-state index in [2.05, 4.69) is 5.10 Å². The average molecular weight is 263 g/mol. The predicted molar refractivity (Wildman–Crippen MR) is 66.3 cm³/mol. The van der Waals surface area contributed by atoms with Gasteiger partial charge >= 0.3 is 0 Å². The maximum absolute atomic E-state index is 11.6. The lowest BCUT2D eigenvalue weighted by molar-refractivity contribution is -0.118. The highest BCUT2D eigenvalue weighted by Gasteiger charge is 2.15. The minimum atomic E-state index is 0.160. The van der Waals surface area contributed by atoms with Gasteiger partial charge in [0, 0.05) is 25.8 Å². The number of aromatic nitrogens is 2. The molecule has 16 heavy (non-hydrogen) atoms. The Morgan fingerprint density at radius 2 is 2.19 bits per heavy atom. The third kappa shape index (κ3) is 3.22. The monoisotopic (exact) mass is 262 g/mol. The number of rotatable bonds is 6. The summed E-state index contributed by atoms with van der Waals surface area (Å²) in [5.41, 5.74) is 1.65. The van der Waals surface area contributed by atoms with Crippen LogP contribution in [-0.2, 0) is 24.7 Å². The maximum atomic E-state index is 11.6. The molecule has 0 radical (unpaired) electrons. The Morgan fingerprint density at radius 3 is 2.69 bits per heavy atom. The van der Waals surface area contributed by atoms with Crippen molar-refractivity contribution in [1.82, 2.24) is 9.78 Å². The molecule has 1 rings (SSSR count). The summed E-state index contributed by atoms with van der Waals surface area (Å²) in [6, 6.07) is 0. The predicted octanol–water partition coefficient (Wildman–Crippen LogP) is 2.77. The summed E-state index contributed by atoms with van der Waals surface area (Å²) in [4.78, 5) is 11.6. The lowest BCUT2D eigenvalue weighted by Gasteiger charge is -2.01. The van der Waals surface area contributed by atoms with Crippen LogP contribution < -0.4 is 0 Å². The Balaban J connectivity index is 2.73. The second-order valence-corrected chi connectivity index (χ2v) is 4.45. The van der Waals surface area contributed by atoms with Crippen LogP contribution in [0.1, 0.15) is 31.2 Å². The van der Waals surface area contributed by atoms with Gasteiger partial charge in [0.05, 0.1) is 16.4 Å². The number of hydrogen-bond donors (Lipinski definition) is 0. The van der Waals surface area contributed by atoms with Crippen LogP contribution >= 0.6 is 23.2 Å². The fourth-order valence-electron chi connectivity index (χ4n) is 1.55. The first-order chi connectivity index (χ1) is 7.60. The SMILES string of the molecule is CCc1nn(C)c(CC(=O)CCCCl)c1Cl. The summed E-state index contributed by atoms with van der Waals surface area (Å²) in [5.74, 6) is 0.679. The molecule has 0 aliphatic rings. The van der Waals surface area contributed by atoms with Crippen molar-refractivity contribution >= 4 is 29.0 Å². The highest BCUT2D eigenvalue weighted by atomic mass is 35.5. The summed E-state index contributed by atoms with van der Waals surface area (Å²) in [5, 5.41) is 4.90. The molecule has 90 valence electrons. The highest BCUT2D eigenvalue weighted by Crippen LogP contribution is 2.21. The molecule has 5 heteroatoms. The lowest BCUT2D eigenvalue weighted by Crippen LogP contribution is -2.07. The summed E-state index contributed by atoms with van der Waals surface area (Å²) < 4.78 is 1.69. The molecule has 0 unspecified atom stereocenters. The van der Waals surface area contributed by atoms with Crippen LogP contribution in [0, 0.1) is 0 Å². The molecule has 1 aromatic heterocycles. The van der Waals surface area contributed by atoms with Crippen LogP contribution in [-0.4, -0.2) is 21.4 Å². The van der Waals surface area contributed by atoms with Crippen LogP contribution in [0.5, 0.6) is 0 Å². The minimum Gasteiger partial charge on any atom is -0.299 e. The van der Waals surface area contributed by atoms with E-state index in [1.165, 1.54) is 0 Å². The van der Waals surface area contributed by atoms with Crippen LogP contribution in [0.3, 0.4) is 0 Å². The Bertz CT molecular complexity index is 374. The van der Waals surface area contributed by atoms with Gasteiger partial charge in [0.25, 0.3) is 0 Å². The van der Waals surface area contributed by atoms with Crippen LogP contribution in [0.25, 0.3) is 0 Å². The summed E-state index contributed by atoms with van der Waals surface area (Å²) in [6.45, 7) is 1.99. The quantitative estimate of drug-likeness (QED) is 0.740. The van der Waals surface area contributed by atoms with Gasteiger partial charge in [-0.05, 0) is 12.8 Å². The summed E-state index contributed by atoms with van der Waals surface area (Å²) >= 11 is 11.7. The first-order valence-corrected chi connectivity index (χ1v) is 6.29. The molecule has 0 spiro atoms. The molecule has 0 amide bonds. The molecule has 0 saturated carbocycles. The number of ketones is 1. The topological polar surface area (TPSA) is 34.9 Å². The largest absolute Gasteiger partial charge is 0.299 e. The van der Waals surface area contributed by atoms with Gasteiger partial charge < -0.3 is 0 Å². The number of Topliss-reactive ketones (excluding diaryl/α,β-unsaturated/α-hetero) is 1. The number of alkyl halides is 1. The van der Waals surface area contributed by atoms with Gasteiger partial charge in [-0.15, -0.1) is 11.6 Å². The molecular formula is C11H16Cl2N2O. The zero-order valence-corrected chi connectivity index (χ0v) is 11.1. The fraction of sp³-hybridized carbons (Fsp3) is 0.636. The van der Waals surface area contributed by atoms with Crippen LogP contribution in [0.4, 0.5) is 0 Å². The second kappa shape index (κ2) is 6.26. The van der Waals surface area contributed by atoms with E-state index < -0.39 is 0 Å². The van der Waals surface area contributed by atoms with E-state index in [-0.39, 0.29) is 5.78 Å². The third-order valence-electron chi connectivity index (χ3n) is 2.46. The van der Waals surface area contributed by atoms with E-state index in [0.29, 0.717) is 23.7 Å². The number of carbonyl (C=O) groups is 1. The Morgan fingerprint density at radius 1 is 1.50 bits per heavy atom. The number of hydrogen-bond acceptors (Lipinski definition) is 2. The lowest BCUT2D eigenvalue weighted by atomic mass is 10.1. The molecule has 0 saturated heterocycles. The van der Waals surface area contributed by atoms with Gasteiger partial charge in [0.15, 0.2) is 0 Å². The molecule has 0 bridgehead atoms. The van der Waals surface area contributed by atoms with Crippen LogP contribution in [0.2, 0.25) is 5.02 Å². The van der Waals surface area contributed by atoms with Crippen LogP contribution in [0.15, 0.2) is 0 Å². The average Bonchev–Trinajstić information content (AvgIpc) is 2.53. The minimum absolute atomic E-state index is 0.160. The zero-order chi connectivity index (χ0) is 12.1. The maximum Gasteiger partial charge on any atom is 0.138 e. The Hall–Kier alpha value is -0.540. The van der Waals surface area contributed by atoms with E-state index in [0.717, 1.165) is 24.2 Å². The van der Waals surface area contributed by atoms with Crippen molar-refractivity contribution in [2.24, 2.45) is 7.05 Å². The van der Waals surface area contributed by atoms with Gasteiger partial charge in [0.1, 0.15) is 5.78 Å². The van der Waals surface area contributed by atoms with Crippen molar-refractivity contribution in [1.29, 1.82) is 0 Å². The first-order valence-electron chi connectivity index (χ1n) is 5.38. The van der Waals surface area contributed by atoms with Crippen molar-refractivity contribution in [3.8, 4) is 0 Å². The molecule has 0 N–H and O–H groups in total. The normalized spacial score (nSPS) is 10.8. The number of aryl methyl sites for hydroxylation is 2. The molecular weight excluding hydrogens is 247 g/mol. The second-order valence-electron chi connectivity index (χ2n) is 3.69. The van der Waals surface area contributed by atoms with E-state index >= 15 is 0 Å². The van der Waals surface area contributed by atoms with Gasteiger partial charge in [-0.3, -0.25) is 9.48 Å². The molecule has 0 aliphatic carbocycles. The van der Waals surface area contributed by atoms with Gasteiger partial charge in [-0.1, -0.05) is 18.5 Å². The number of halogens is 2. The third-order valence-corrected chi connectivity index (χ3v) is 3.16. The van der Waals surface area contributed by atoms with Gasteiger partial charge in [0.2, 0.25) is 0 Å². The molecule has 1 aromatic rings. The van der Waals surface area contributed by atoms with Crippen molar-refractivity contribution in [3.63, 3.8) is 0 Å². The van der Waals surface area contributed by atoms with Crippen molar-refractivity contribution in [2.45, 2.75) is 32.6 Å². The highest BCUT2D eigenvalue weighted by molar-refractivity contribution is 6.32. The van der Waals surface area contributed by atoms with E-state index in [1.54, 1.807) is 4.68 Å². The van der Waals surface area contributed by atoms with E-state index in [9.17, 15) is 4.79 Å². The van der Waals surface area contributed by atoms with Gasteiger partial charge in [-0.2, -0.15) is 5.10 Å². The first kappa shape index (κ1) is 13.5. The van der Waals surface area contributed by atoms with E-state index in [4.69, 9.17) is 23.2 Å². The van der Waals surface area contributed by atoms with Crippen molar-refractivity contribution in [2.75, 3.05) is 5.88 Å². The van der Waals surface area contributed by atoms with E-state index in [1.807, 2.05) is 14.0 Å². The summed E-state index contributed by atoms with van der Waals surface area (Å²) in [7, 11) is 1.81. The number of nitrogens with zero attached hydrogens (tertiary/aromatic N) is 2. The van der Waals surface area contributed by atoms with Crippen molar-refractivity contribution in [3.05, 3.63) is 16.4 Å². The molecule has 0 aromatic carbocycles. The Kier molecular flexibility index (Phi) is 5.29. The smallest absolute Gasteiger partial charge is 0.138 e. The zero-order valence-electron chi connectivity index (χ0n) is 9.59. The molecule has 0 aliphatic heterocycles. The molecule has 1 heterocycles. The fourth-order valence-corrected chi connectivity index (χ4v) is 2.05. The molecule has 0 fully saturated rings. The standard InChI is InChI=1S/C11H16Cl2N2O/c1-3-9-11(13)10(15(2)14-9)7-8(16)5-4-6-12/h3-7H2,1-2H3. The molecule has 3 nitrogen and oxygen atoms in total. The Labute approximate surface area is 106 Å². The number of carbonyl (C=O) groups excluding carboxylic acids is 1. The summed E-state index contributed by atoms with van der Waals surface area (Å²) in [6.07, 6.45) is 2.35. The van der Waals surface area contributed by atoms with Crippen molar-refractivity contribution < 1.29 is 4.79 Å².